The van der Waals surface area contributed by atoms with Crippen molar-refractivity contribution in [1.82, 2.24) is 19.3 Å². The zero-order valence-electron chi connectivity index (χ0n) is 12.7. The van der Waals surface area contributed by atoms with Crippen molar-refractivity contribution in [2.45, 2.75) is 19.4 Å². The van der Waals surface area contributed by atoms with Gasteiger partial charge in [-0.05, 0) is 24.6 Å². The molecule has 0 aliphatic carbocycles. The molecule has 1 aromatic carbocycles. The normalized spacial score (nSPS) is 13.3. The van der Waals surface area contributed by atoms with E-state index in [1.54, 1.807) is 24.4 Å². The summed E-state index contributed by atoms with van der Waals surface area (Å²) in [7, 11) is 1.88. The number of aromatic nitrogens is 4. The van der Waals surface area contributed by atoms with Crippen LogP contribution in [0.15, 0.2) is 36.5 Å². The largest absolute Gasteiger partial charge is 0.507 e. The lowest BCUT2D eigenvalue weighted by molar-refractivity contribution is 0.103. The van der Waals surface area contributed by atoms with Crippen LogP contribution in [0.1, 0.15) is 28.2 Å². The molecule has 0 unspecified atom stereocenters. The van der Waals surface area contributed by atoms with Gasteiger partial charge >= 0.3 is 0 Å². The number of hydrogen-bond acceptors (Lipinski definition) is 4. The Hall–Kier alpha value is -2.89. The molecule has 3 aromatic rings. The van der Waals surface area contributed by atoms with Gasteiger partial charge < -0.3 is 14.2 Å². The second-order valence-corrected chi connectivity index (χ2v) is 5.77. The minimum atomic E-state index is -0.203. The van der Waals surface area contributed by atoms with Gasteiger partial charge in [0.05, 0.1) is 11.3 Å². The van der Waals surface area contributed by atoms with E-state index in [0.29, 0.717) is 11.1 Å². The third kappa shape index (κ3) is 2.14. The van der Waals surface area contributed by atoms with Gasteiger partial charge in [0.15, 0.2) is 11.6 Å². The van der Waals surface area contributed by atoms with Crippen LogP contribution in [0.2, 0.25) is 0 Å². The van der Waals surface area contributed by atoms with E-state index in [1.165, 1.54) is 6.07 Å². The van der Waals surface area contributed by atoms with E-state index in [1.807, 2.05) is 17.7 Å². The van der Waals surface area contributed by atoms with Crippen LogP contribution in [-0.2, 0) is 20.0 Å². The van der Waals surface area contributed by atoms with Gasteiger partial charge in [0.2, 0.25) is 0 Å². The number of phenols is 1. The van der Waals surface area contributed by atoms with Crippen molar-refractivity contribution >= 4 is 5.78 Å². The summed E-state index contributed by atoms with van der Waals surface area (Å²) in [5.74, 6) is 1.57. The molecular weight excluding hydrogens is 292 g/mol. The number of carbonyl (C=O) groups is 1. The lowest BCUT2D eigenvalue weighted by Crippen LogP contribution is -2.00. The molecule has 0 radical (unpaired) electrons. The summed E-state index contributed by atoms with van der Waals surface area (Å²) in [6.07, 6.45) is 3.79. The highest BCUT2D eigenvalue weighted by atomic mass is 16.3. The molecule has 0 spiro atoms. The fourth-order valence-corrected chi connectivity index (χ4v) is 3.07. The highest BCUT2D eigenvalue weighted by Crippen LogP contribution is 2.27. The van der Waals surface area contributed by atoms with Crippen LogP contribution >= 0.6 is 0 Å². The van der Waals surface area contributed by atoms with Gasteiger partial charge in [0, 0.05) is 31.8 Å². The molecule has 0 fully saturated rings. The first-order valence-electron chi connectivity index (χ1n) is 7.56. The first-order valence-corrected chi connectivity index (χ1v) is 7.56. The molecule has 0 atom stereocenters. The number of aryl methyl sites for hydroxylation is 2. The second-order valence-electron chi connectivity index (χ2n) is 5.77. The lowest BCUT2D eigenvalue weighted by Gasteiger charge is -2.03. The maximum atomic E-state index is 12.6. The number of aromatic hydroxyl groups is 1. The molecule has 0 amide bonds. The highest BCUT2D eigenvalue weighted by Gasteiger charge is 2.22. The fraction of sp³-hybridized carbons (Fsp3) is 0.235. The Balaban J connectivity index is 1.76. The third-order valence-electron chi connectivity index (χ3n) is 4.25. The van der Waals surface area contributed by atoms with Gasteiger partial charge in [0.25, 0.3) is 0 Å². The Labute approximate surface area is 133 Å². The Kier molecular flexibility index (Phi) is 3.04. The van der Waals surface area contributed by atoms with E-state index in [-0.39, 0.29) is 11.5 Å². The van der Waals surface area contributed by atoms with E-state index >= 15 is 0 Å². The molecule has 0 saturated heterocycles. The Bertz CT molecular complexity index is 907. The van der Waals surface area contributed by atoms with Crippen LogP contribution in [0, 0.1) is 0 Å². The molecule has 23 heavy (non-hydrogen) atoms. The minimum Gasteiger partial charge on any atom is -0.507 e. The number of fused-ring (bicyclic) bond motifs is 1. The van der Waals surface area contributed by atoms with Crippen molar-refractivity contribution in [3.05, 3.63) is 53.5 Å². The van der Waals surface area contributed by atoms with E-state index in [2.05, 4.69) is 14.8 Å². The average Bonchev–Trinajstić information content (AvgIpc) is 3.22. The lowest BCUT2D eigenvalue weighted by atomic mass is 10.0. The molecule has 6 heteroatoms. The number of carbonyl (C=O) groups excluding carboxylic acids is 1. The number of ketones is 1. The average molecular weight is 308 g/mol. The number of para-hydroxylation sites is 1. The predicted molar refractivity (Wildman–Crippen MR) is 84.3 cm³/mol. The van der Waals surface area contributed by atoms with Crippen LogP contribution in [0.25, 0.3) is 11.5 Å². The van der Waals surface area contributed by atoms with E-state index in [9.17, 15) is 9.90 Å². The molecule has 0 bridgehead atoms. The molecule has 1 aliphatic heterocycles. The summed E-state index contributed by atoms with van der Waals surface area (Å²) in [6, 6.07) is 8.39. The molecule has 6 nitrogen and oxygen atoms in total. The molecule has 0 saturated carbocycles. The van der Waals surface area contributed by atoms with Gasteiger partial charge in [0.1, 0.15) is 11.6 Å². The van der Waals surface area contributed by atoms with Gasteiger partial charge in [-0.15, -0.1) is 10.2 Å². The van der Waals surface area contributed by atoms with Crippen molar-refractivity contribution in [2.75, 3.05) is 0 Å². The van der Waals surface area contributed by atoms with Crippen molar-refractivity contribution in [3.63, 3.8) is 0 Å². The monoisotopic (exact) mass is 308 g/mol. The molecule has 2 aromatic heterocycles. The number of hydrogen-bond donors (Lipinski definition) is 1. The van der Waals surface area contributed by atoms with Crippen molar-refractivity contribution in [1.29, 1.82) is 0 Å². The maximum absolute atomic E-state index is 12.6. The molecule has 116 valence electrons. The van der Waals surface area contributed by atoms with Crippen LogP contribution in [0.5, 0.6) is 5.75 Å². The molecular formula is C17H16N4O2. The summed E-state index contributed by atoms with van der Waals surface area (Å²) >= 11 is 0. The molecule has 3 heterocycles. The zero-order valence-corrected chi connectivity index (χ0v) is 12.7. The summed E-state index contributed by atoms with van der Waals surface area (Å²) in [6.45, 7) is 0.908. The highest BCUT2D eigenvalue weighted by molar-refractivity contribution is 6.11. The Morgan fingerprint density at radius 2 is 2.09 bits per heavy atom. The smallest absolute Gasteiger partial charge is 0.198 e. The second kappa shape index (κ2) is 5.08. The standard InChI is InChI=1S/C17H16N4O2/c1-20-10-11(16(23)12-5-2-3-6-14(12)22)9-13(20)17-19-18-15-7-4-8-21(15)17/h2-3,5-6,9-10,22H,4,7-8H2,1H3. The summed E-state index contributed by atoms with van der Waals surface area (Å²) < 4.78 is 3.98. The number of phenolic OH excluding ortho intramolecular Hbond substituents is 1. The quantitative estimate of drug-likeness (QED) is 0.753. The number of nitrogens with zero attached hydrogens (tertiary/aromatic N) is 4. The number of benzene rings is 1. The minimum absolute atomic E-state index is 0.00808. The SMILES string of the molecule is Cn1cc(C(=O)c2ccccc2O)cc1-c1nnc2n1CCC2. The first kappa shape index (κ1) is 13.8. The van der Waals surface area contributed by atoms with Crippen LogP contribution in [0.4, 0.5) is 0 Å². The first-order chi connectivity index (χ1) is 11.1. The van der Waals surface area contributed by atoms with Crippen molar-refractivity contribution < 1.29 is 9.90 Å². The third-order valence-corrected chi connectivity index (χ3v) is 4.25. The predicted octanol–water partition coefficient (Wildman–Crippen LogP) is 2.17. The molecule has 4 rings (SSSR count). The van der Waals surface area contributed by atoms with Crippen LogP contribution in [0.3, 0.4) is 0 Å². The maximum Gasteiger partial charge on any atom is 0.198 e. The van der Waals surface area contributed by atoms with Gasteiger partial charge in [-0.3, -0.25) is 4.79 Å². The van der Waals surface area contributed by atoms with Gasteiger partial charge in [-0.2, -0.15) is 0 Å². The number of rotatable bonds is 3. The van der Waals surface area contributed by atoms with Crippen LogP contribution < -0.4 is 0 Å². The van der Waals surface area contributed by atoms with Crippen molar-refractivity contribution in [2.24, 2.45) is 7.05 Å². The zero-order chi connectivity index (χ0) is 16.0. The summed E-state index contributed by atoms with van der Waals surface area (Å²) in [5, 5.41) is 18.4. The van der Waals surface area contributed by atoms with Crippen molar-refractivity contribution in [3.8, 4) is 17.3 Å². The van der Waals surface area contributed by atoms with Crippen LogP contribution in [-0.4, -0.2) is 30.2 Å². The molecule has 1 N–H and O–H groups in total. The Morgan fingerprint density at radius 3 is 2.91 bits per heavy atom. The topological polar surface area (TPSA) is 72.9 Å². The van der Waals surface area contributed by atoms with Gasteiger partial charge in [-0.25, -0.2) is 0 Å². The Morgan fingerprint density at radius 1 is 1.26 bits per heavy atom. The van der Waals surface area contributed by atoms with Gasteiger partial charge in [-0.1, -0.05) is 12.1 Å². The summed E-state index contributed by atoms with van der Waals surface area (Å²) in [5.41, 5.74) is 1.68. The summed E-state index contributed by atoms with van der Waals surface area (Å²) in [4.78, 5) is 12.6. The van der Waals surface area contributed by atoms with E-state index < -0.39 is 0 Å². The fourth-order valence-electron chi connectivity index (χ4n) is 3.07. The van der Waals surface area contributed by atoms with E-state index in [0.717, 1.165) is 36.7 Å². The van der Waals surface area contributed by atoms with E-state index in [4.69, 9.17) is 0 Å². The molecule has 1 aliphatic rings.